The van der Waals surface area contributed by atoms with E-state index in [-0.39, 0.29) is 0 Å². The van der Waals surface area contributed by atoms with Gasteiger partial charge in [0.15, 0.2) is 0 Å². The van der Waals surface area contributed by atoms with Crippen molar-refractivity contribution in [2.24, 2.45) is 0 Å². The number of rotatable bonds is 4. The molecule has 0 saturated carbocycles. The zero-order valence-corrected chi connectivity index (χ0v) is 25.2. The van der Waals surface area contributed by atoms with Gasteiger partial charge in [0.2, 0.25) is 0 Å². The minimum absolute atomic E-state index is 0.966. The van der Waals surface area contributed by atoms with E-state index in [4.69, 9.17) is 4.98 Å². The zero-order valence-electron chi connectivity index (χ0n) is 25.2. The van der Waals surface area contributed by atoms with Crippen LogP contribution in [0.3, 0.4) is 0 Å². The van der Waals surface area contributed by atoms with Gasteiger partial charge in [-0.2, -0.15) is 0 Å². The third-order valence-electron chi connectivity index (χ3n) is 9.21. The van der Waals surface area contributed by atoms with Crippen LogP contribution in [0.4, 0.5) is 0 Å². The predicted octanol–water partition coefficient (Wildman–Crippen LogP) is 12.4. The van der Waals surface area contributed by atoms with E-state index >= 15 is 0 Å². The van der Waals surface area contributed by atoms with Gasteiger partial charge in [-0.15, -0.1) is 0 Å². The molecule has 1 aromatic heterocycles. The topological polar surface area (TPSA) is 12.9 Å². The Kier molecular flexibility index (Phi) is 6.21. The predicted molar refractivity (Wildman–Crippen MR) is 196 cm³/mol. The number of hydrogen-bond acceptors (Lipinski definition) is 1. The Labute approximate surface area is 268 Å². The zero-order chi connectivity index (χ0) is 30.5. The highest BCUT2D eigenvalue weighted by molar-refractivity contribution is 6.22. The van der Waals surface area contributed by atoms with Gasteiger partial charge in [0, 0.05) is 11.1 Å². The Morgan fingerprint density at radius 2 is 0.739 bits per heavy atom. The molecule has 9 rings (SSSR count). The molecule has 0 fully saturated rings. The molecule has 1 heteroatoms. The molecule has 0 aliphatic heterocycles. The Balaban J connectivity index is 1.36. The van der Waals surface area contributed by atoms with Gasteiger partial charge >= 0.3 is 0 Å². The van der Waals surface area contributed by atoms with E-state index in [0.717, 1.165) is 22.5 Å². The number of nitrogens with zero attached hydrogens (tertiary/aromatic N) is 1. The fourth-order valence-corrected chi connectivity index (χ4v) is 7.01. The third kappa shape index (κ3) is 4.45. The number of pyridine rings is 1. The molecule has 0 bridgehead atoms. The molecule has 0 saturated heterocycles. The average molecular weight is 584 g/mol. The molecule has 0 amide bonds. The van der Waals surface area contributed by atoms with Crippen LogP contribution >= 0.6 is 0 Å². The van der Waals surface area contributed by atoms with Crippen LogP contribution in [0.15, 0.2) is 176 Å². The van der Waals surface area contributed by atoms with Crippen molar-refractivity contribution in [3.8, 4) is 44.8 Å². The van der Waals surface area contributed by atoms with Crippen molar-refractivity contribution in [1.82, 2.24) is 4.98 Å². The van der Waals surface area contributed by atoms with Crippen LogP contribution in [-0.2, 0) is 0 Å². The first kappa shape index (κ1) is 26.4. The molecule has 0 aliphatic carbocycles. The van der Waals surface area contributed by atoms with Crippen molar-refractivity contribution < 1.29 is 0 Å². The van der Waals surface area contributed by atoms with Gasteiger partial charge in [0.1, 0.15) is 0 Å². The largest absolute Gasteiger partial charge is 0.248 e. The van der Waals surface area contributed by atoms with Crippen molar-refractivity contribution >= 4 is 43.1 Å². The second-order valence-electron chi connectivity index (χ2n) is 12.0. The standard InChI is InChI=1S/C45H29N/c1-2-13-32(14-3-1)42-19-10-20-43(46-42)35-25-26-40-41(29-35)45(37-24-22-31-12-5-7-16-34(31)28-37)39-18-9-8-17-38(39)44(40)36-23-21-30-11-4-6-15-33(30)27-36/h1-29H. The molecule has 214 valence electrons. The summed E-state index contributed by atoms with van der Waals surface area (Å²) in [5, 5.41) is 9.94. The maximum atomic E-state index is 5.14. The second kappa shape index (κ2) is 10.8. The van der Waals surface area contributed by atoms with E-state index in [9.17, 15) is 0 Å². The van der Waals surface area contributed by atoms with Crippen LogP contribution in [0.2, 0.25) is 0 Å². The van der Waals surface area contributed by atoms with E-state index < -0.39 is 0 Å². The third-order valence-corrected chi connectivity index (χ3v) is 9.21. The summed E-state index contributed by atoms with van der Waals surface area (Å²) in [5.74, 6) is 0. The number of benzene rings is 8. The van der Waals surface area contributed by atoms with Crippen molar-refractivity contribution in [1.29, 1.82) is 0 Å². The van der Waals surface area contributed by atoms with Crippen molar-refractivity contribution in [3.63, 3.8) is 0 Å². The Hall–Kier alpha value is -6.05. The van der Waals surface area contributed by atoms with Gasteiger partial charge in [0.25, 0.3) is 0 Å². The van der Waals surface area contributed by atoms with E-state index in [2.05, 4.69) is 170 Å². The summed E-state index contributed by atoms with van der Waals surface area (Å²) >= 11 is 0. The maximum absolute atomic E-state index is 5.14. The van der Waals surface area contributed by atoms with Gasteiger partial charge in [-0.25, -0.2) is 4.98 Å². The number of hydrogen-bond donors (Lipinski definition) is 0. The maximum Gasteiger partial charge on any atom is 0.0709 e. The molecule has 0 unspecified atom stereocenters. The number of fused-ring (bicyclic) bond motifs is 4. The monoisotopic (exact) mass is 583 g/mol. The highest BCUT2D eigenvalue weighted by atomic mass is 14.7. The normalized spacial score (nSPS) is 11.5. The average Bonchev–Trinajstić information content (AvgIpc) is 3.13. The molecule has 1 heterocycles. The van der Waals surface area contributed by atoms with Crippen molar-refractivity contribution in [2.75, 3.05) is 0 Å². The molecule has 1 nitrogen and oxygen atoms in total. The fraction of sp³-hybridized carbons (Fsp3) is 0. The Morgan fingerprint density at radius 3 is 1.37 bits per heavy atom. The quantitative estimate of drug-likeness (QED) is 0.188. The van der Waals surface area contributed by atoms with Crippen LogP contribution in [0.25, 0.3) is 87.9 Å². The lowest BCUT2D eigenvalue weighted by molar-refractivity contribution is 1.33. The first-order valence-electron chi connectivity index (χ1n) is 15.8. The summed E-state index contributed by atoms with van der Waals surface area (Å²) in [5.41, 5.74) is 9.12. The lowest BCUT2D eigenvalue weighted by Crippen LogP contribution is -1.93. The molecule has 0 N–H and O–H groups in total. The summed E-state index contributed by atoms with van der Waals surface area (Å²) in [7, 11) is 0. The lowest BCUT2D eigenvalue weighted by Gasteiger charge is -2.19. The minimum Gasteiger partial charge on any atom is -0.248 e. The van der Waals surface area contributed by atoms with Crippen LogP contribution < -0.4 is 0 Å². The van der Waals surface area contributed by atoms with Gasteiger partial charge in [-0.3, -0.25) is 0 Å². The summed E-state index contributed by atoms with van der Waals surface area (Å²) in [4.78, 5) is 5.14. The van der Waals surface area contributed by atoms with E-state index in [1.807, 2.05) is 6.07 Å². The molecular formula is C45H29N. The summed E-state index contributed by atoms with van der Waals surface area (Å²) < 4.78 is 0. The van der Waals surface area contributed by atoms with Gasteiger partial charge in [-0.05, 0) is 95.7 Å². The molecule has 9 aromatic rings. The highest BCUT2D eigenvalue weighted by Crippen LogP contribution is 2.45. The Bertz CT molecular complexity index is 2580. The molecule has 0 spiro atoms. The van der Waals surface area contributed by atoms with Gasteiger partial charge in [0.05, 0.1) is 11.4 Å². The van der Waals surface area contributed by atoms with Crippen molar-refractivity contribution in [2.45, 2.75) is 0 Å². The SMILES string of the molecule is c1ccc(-c2cccc(-c3ccc4c(-c5ccc6ccccc6c5)c5ccccc5c(-c5ccc6ccccc6c5)c4c3)n2)cc1. The van der Waals surface area contributed by atoms with E-state index in [0.29, 0.717) is 0 Å². The molecule has 0 radical (unpaired) electrons. The smallest absolute Gasteiger partial charge is 0.0709 e. The van der Waals surface area contributed by atoms with E-state index in [1.165, 1.54) is 65.3 Å². The Morgan fingerprint density at radius 1 is 0.261 bits per heavy atom. The lowest BCUT2D eigenvalue weighted by atomic mass is 9.84. The van der Waals surface area contributed by atoms with Crippen LogP contribution in [-0.4, -0.2) is 4.98 Å². The first-order valence-corrected chi connectivity index (χ1v) is 15.8. The summed E-state index contributed by atoms with van der Waals surface area (Å²) in [6.45, 7) is 0. The van der Waals surface area contributed by atoms with Gasteiger partial charge in [-0.1, -0.05) is 146 Å². The minimum atomic E-state index is 0.966. The van der Waals surface area contributed by atoms with E-state index in [1.54, 1.807) is 0 Å². The fourth-order valence-electron chi connectivity index (χ4n) is 7.01. The second-order valence-corrected chi connectivity index (χ2v) is 12.0. The molecular weight excluding hydrogens is 555 g/mol. The first-order chi connectivity index (χ1) is 22.8. The molecule has 0 atom stereocenters. The van der Waals surface area contributed by atoms with Gasteiger partial charge < -0.3 is 0 Å². The van der Waals surface area contributed by atoms with Crippen LogP contribution in [0, 0.1) is 0 Å². The van der Waals surface area contributed by atoms with Crippen LogP contribution in [0.5, 0.6) is 0 Å². The molecule has 46 heavy (non-hydrogen) atoms. The highest BCUT2D eigenvalue weighted by Gasteiger charge is 2.18. The van der Waals surface area contributed by atoms with Crippen molar-refractivity contribution in [3.05, 3.63) is 176 Å². The molecule has 8 aromatic carbocycles. The summed E-state index contributed by atoms with van der Waals surface area (Å²) in [6.07, 6.45) is 0. The van der Waals surface area contributed by atoms with Crippen LogP contribution in [0.1, 0.15) is 0 Å². The summed E-state index contributed by atoms with van der Waals surface area (Å²) in [6, 6.07) is 63.5. The number of aromatic nitrogens is 1. The molecule has 0 aliphatic rings.